The van der Waals surface area contributed by atoms with Crippen LogP contribution in [0.2, 0.25) is 0 Å². The minimum absolute atomic E-state index is 0.249. The SMILES string of the molecule is OC1CNCCCNCC(O)COCC(OCc2ccccc2)COC1. The summed E-state index contributed by atoms with van der Waals surface area (Å²) < 4.78 is 17.1. The normalized spacial score (nSPS) is 27.8. The fourth-order valence-corrected chi connectivity index (χ4v) is 2.60. The number of hydrogen-bond donors (Lipinski definition) is 4. The van der Waals surface area contributed by atoms with Gasteiger partial charge in [-0.05, 0) is 25.1 Å². The van der Waals surface area contributed by atoms with Crippen molar-refractivity contribution in [1.29, 1.82) is 0 Å². The standard InChI is InChI=1S/C19H32N2O5/c22-17-9-20-7-4-8-21-10-18(23)13-25-15-19(14-24-12-17)26-11-16-5-2-1-3-6-16/h1-3,5-6,17-23H,4,7-15H2. The van der Waals surface area contributed by atoms with Crippen molar-refractivity contribution in [3.8, 4) is 0 Å². The van der Waals surface area contributed by atoms with Gasteiger partial charge in [-0.25, -0.2) is 0 Å². The first-order valence-electron chi connectivity index (χ1n) is 9.32. The molecule has 1 aliphatic heterocycles. The Bertz CT molecular complexity index is 443. The van der Waals surface area contributed by atoms with Crippen LogP contribution in [0.25, 0.3) is 0 Å². The third-order valence-corrected chi connectivity index (χ3v) is 4.02. The summed E-state index contributed by atoms with van der Waals surface area (Å²) in [5, 5.41) is 26.3. The number of aliphatic hydroxyl groups excluding tert-OH is 2. The number of ether oxygens (including phenoxy) is 3. The van der Waals surface area contributed by atoms with Crippen molar-refractivity contribution in [2.45, 2.75) is 31.3 Å². The minimum atomic E-state index is -0.548. The summed E-state index contributed by atoms with van der Waals surface area (Å²) in [7, 11) is 0. The molecule has 1 aromatic carbocycles. The van der Waals surface area contributed by atoms with Gasteiger partial charge in [-0.2, -0.15) is 0 Å². The van der Waals surface area contributed by atoms with E-state index in [9.17, 15) is 10.2 Å². The summed E-state index contributed by atoms with van der Waals surface area (Å²) in [4.78, 5) is 0. The van der Waals surface area contributed by atoms with Gasteiger partial charge in [0.15, 0.2) is 0 Å². The van der Waals surface area contributed by atoms with Gasteiger partial charge in [0.1, 0.15) is 6.10 Å². The van der Waals surface area contributed by atoms with E-state index in [0.717, 1.165) is 25.1 Å². The molecule has 0 bridgehead atoms. The van der Waals surface area contributed by atoms with Gasteiger partial charge in [0.2, 0.25) is 0 Å². The third kappa shape index (κ3) is 9.59. The first kappa shape index (κ1) is 21.2. The minimum Gasteiger partial charge on any atom is -0.389 e. The average Bonchev–Trinajstić information content (AvgIpc) is 2.65. The highest BCUT2D eigenvalue weighted by Crippen LogP contribution is 2.05. The number of hydrogen-bond acceptors (Lipinski definition) is 7. The quantitative estimate of drug-likeness (QED) is 0.593. The van der Waals surface area contributed by atoms with E-state index < -0.39 is 12.2 Å². The maximum Gasteiger partial charge on any atom is 0.105 e. The van der Waals surface area contributed by atoms with Crippen molar-refractivity contribution in [3.05, 3.63) is 35.9 Å². The van der Waals surface area contributed by atoms with E-state index in [0.29, 0.717) is 32.9 Å². The van der Waals surface area contributed by atoms with Crippen molar-refractivity contribution in [1.82, 2.24) is 10.6 Å². The Kier molecular flexibility index (Phi) is 10.8. The Morgan fingerprint density at radius 3 is 2.04 bits per heavy atom. The Labute approximate surface area is 155 Å². The average molecular weight is 368 g/mol. The van der Waals surface area contributed by atoms with Crippen LogP contribution in [-0.2, 0) is 20.8 Å². The second-order valence-electron chi connectivity index (χ2n) is 6.56. The molecule has 0 aromatic heterocycles. The molecule has 1 fully saturated rings. The van der Waals surface area contributed by atoms with Crippen LogP contribution >= 0.6 is 0 Å². The van der Waals surface area contributed by atoms with Crippen LogP contribution in [0.5, 0.6) is 0 Å². The second-order valence-corrected chi connectivity index (χ2v) is 6.56. The summed E-state index contributed by atoms with van der Waals surface area (Å²) in [6, 6.07) is 9.91. The van der Waals surface area contributed by atoms with Crippen molar-refractivity contribution in [3.63, 3.8) is 0 Å². The van der Waals surface area contributed by atoms with E-state index in [1.165, 1.54) is 0 Å². The molecular formula is C19H32N2O5. The molecule has 7 heteroatoms. The van der Waals surface area contributed by atoms with Crippen LogP contribution in [0, 0.1) is 0 Å². The molecule has 1 aromatic rings. The largest absolute Gasteiger partial charge is 0.389 e. The first-order valence-corrected chi connectivity index (χ1v) is 9.32. The summed E-state index contributed by atoms with van der Waals surface area (Å²) >= 11 is 0. The second kappa shape index (κ2) is 13.2. The maximum atomic E-state index is 9.94. The fourth-order valence-electron chi connectivity index (χ4n) is 2.60. The summed E-state index contributed by atoms with van der Waals surface area (Å²) in [6.45, 7) is 4.23. The molecule has 1 saturated heterocycles. The Morgan fingerprint density at radius 2 is 1.46 bits per heavy atom. The van der Waals surface area contributed by atoms with E-state index in [1.54, 1.807) is 0 Å². The smallest absolute Gasteiger partial charge is 0.105 e. The molecular weight excluding hydrogens is 336 g/mol. The topological polar surface area (TPSA) is 92.2 Å². The molecule has 1 heterocycles. The van der Waals surface area contributed by atoms with Gasteiger partial charge < -0.3 is 35.1 Å². The van der Waals surface area contributed by atoms with Crippen LogP contribution < -0.4 is 10.6 Å². The molecule has 0 aliphatic carbocycles. The highest BCUT2D eigenvalue weighted by molar-refractivity contribution is 5.13. The summed E-state index contributed by atoms with van der Waals surface area (Å²) in [6.07, 6.45) is -0.429. The number of benzene rings is 1. The predicted octanol–water partition coefficient (Wildman–Crippen LogP) is -0.0903. The molecule has 0 spiro atoms. The lowest BCUT2D eigenvalue weighted by Crippen LogP contribution is -2.37. The van der Waals surface area contributed by atoms with Crippen LogP contribution in [0.15, 0.2) is 30.3 Å². The zero-order chi connectivity index (χ0) is 18.5. The fraction of sp³-hybridized carbons (Fsp3) is 0.684. The molecule has 4 N–H and O–H groups in total. The van der Waals surface area contributed by atoms with E-state index in [4.69, 9.17) is 14.2 Å². The molecule has 2 atom stereocenters. The van der Waals surface area contributed by atoms with Crippen LogP contribution in [0.1, 0.15) is 12.0 Å². The highest BCUT2D eigenvalue weighted by Gasteiger charge is 2.14. The van der Waals surface area contributed by atoms with Crippen molar-refractivity contribution < 1.29 is 24.4 Å². The maximum absolute atomic E-state index is 9.94. The Balaban J connectivity index is 1.81. The predicted molar refractivity (Wildman–Crippen MR) is 99.0 cm³/mol. The molecule has 0 radical (unpaired) electrons. The van der Waals surface area contributed by atoms with Gasteiger partial charge in [0.05, 0.1) is 45.2 Å². The molecule has 2 rings (SSSR count). The van der Waals surface area contributed by atoms with Crippen LogP contribution in [0.4, 0.5) is 0 Å². The van der Waals surface area contributed by atoms with Crippen molar-refractivity contribution >= 4 is 0 Å². The monoisotopic (exact) mass is 368 g/mol. The summed E-state index contributed by atoms with van der Waals surface area (Å²) in [5.74, 6) is 0. The lowest BCUT2D eigenvalue weighted by molar-refractivity contribution is -0.0859. The molecule has 0 amide bonds. The highest BCUT2D eigenvalue weighted by atomic mass is 16.6. The Morgan fingerprint density at radius 1 is 0.885 bits per heavy atom. The summed E-state index contributed by atoms with van der Waals surface area (Å²) in [5.41, 5.74) is 1.08. The zero-order valence-electron chi connectivity index (χ0n) is 15.3. The first-order chi connectivity index (χ1) is 12.7. The zero-order valence-corrected chi connectivity index (χ0v) is 15.3. The van der Waals surface area contributed by atoms with E-state index in [-0.39, 0.29) is 19.3 Å². The Hall–Kier alpha value is -1.06. The van der Waals surface area contributed by atoms with E-state index in [1.807, 2.05) is 30.3 Å². The third-order valence-electron chi connectivity index (χ3n) is 4.02. The van der Waals surface area contributed by atoms with Crippen molar-refractivity contribution in [2.24, 2.45) is 0 Å². The van der Waals surface area contributed by atoms with Gasteiger partial charge in [0, 0.05) is 13.1 Å². The molecule has 7 nitrogen and oxygen atoms in total. The van der Waals surface area contributed by atoms with Gasteiger partial charge in [-0.3, -0.25) is 0 Å². The lowest BCUT2D eigenvalue weighted by Gasteiger charge is -2.21. The van der Waals surface area contributed by atoms with Crippen LogP contribution in [-0.4, -0.2) is 81.1 Å². The number of aliphatic hydroxyl groups is 2. The molecule has 0 saturated carbocycles. The van der Waals surface area contributed by atoms with Crippen LogP contribution in [0.3, 0.4) is 0 Å². The molecule has 1 aliphatic rings. The number of rotatable bonds is 3. The lowest BCUT2D eigenvalue weighted by atomic mass is 10.2. The van der Waals surface area contributed by atoms with Crippen molar-refractivity contribution in [2.75, 3.05) is 52.6 Å². The number of β-amino-alcohol motifs (C(OH)–C–C–N with tert-alkyl or cyclic N) is 2. The van der Waals surface area contributed by atoms with Gasteiger partial charge in [0.25, 0.3) is 0 Å². The van der Waals surface area contributed by atoms with E-state index >= 15 is 0 Å². The van der Waals surface area contributed by atoms with Gasteiger partial charge in [-0.15, -0.1) is 0 Å². The molecule has 148 valence electrons. The molecule has 2 unspecified atom stereocenters. The number of nitrogens with one attached hydrogen (secondary N) is 2. The molecule has 26 heavy (non-hydrogen) atoms. The van der Waals surface area contributed by atoms with Gasteiger partial charge >= 0.3 is 0 Å². The van der Waals surface area contributed by atoms with Gasteiger partial charge in [-0.1, -0.05) is 30.3 Å². The van der Waals surface area contributed by atoms with E-state index in [2.05, 4.69) is 10.6 Å².